The number of carboxylic acid groups (broad SMARTS) is 1. The summed E-state index contributed by atoms with van der Waals surface area (Å²) < 4.78 is 5.19. The van der Waals surface area contributed by atoms with Crippen LogP contribution < -0.4 is 5.43 Å². The first-order chi connectivity index (χ1) is 10.2. The minimum atomic E-state index is -1.03. The van der Waals surface area contributed by atoms with Gasteiger partial charge in [-0.05, 0) is 18.4 Å². The molecule has 1 aromatic carbocycles. The Balaban J connectivity index is 1.72. The number of aryl methyl sites for hydroxylation is 1. The Morgan fingerprint density at radius 3 is 2.86 bits per heavy atom. The van der Waals surface area contributed by atoms with E-state index in [0.29, 0.717) is 19.7 Å². The first-order valence-electron chi connectivity index (χ1n) is 7.09. The molecule has 2 rings (SSSR count). The highest BCUT2D eigenvalue weighted by Gasteiger charge is 2.31. The van der Waals surface area contributed by atoms with Gasteiger partial charge in [0.1, 0.15) is 6.10 Å². The van der Waals surface area contributed by atoms with Gasteiger partial charge < -0.3 is 9.84 Å². The summed E-state index contributed by atoms with van der Waals surface area (Å²) in [4.78, 5) is 22.7. The number of hydrogen-bond donors (Lipinski definition) is 2. The fourth-order valence-corrected chi connectivity index (χ4v) is 2.25. The molecule has 1 heterocycles. The number of carboxylic acids is 1. The Morgan fingerprint density at radius 2 is 2.14 bits per heavy atom. The monoisotopic (exact) mass is 292 g/mol. The van der Waals surface area contributed by atoms with Gasteiger partial charge >= 0.3 is 5.97 Å². The third kappa shape index (κ3) is 4.84. The molecule has 0 bridgehead atoms. The second-order valence-electron chi connectivity index (χ2n) is 4.94. The number of morpholine rings is 1. The fourth-order valence-electron chi connectivity index (χ4n) is 2.25. The van der Waals surface area contributed by atoms with Gasteiger partial charge in [-0.1, -0.05) is 30.3 Å². The SMILES string of the molecule is O=C(O)C[C@H]1OCCN(NCCCc2ccccc2)C1=O. The van der Waals surface area contributed by atoms with Crippen LogP contribution in [0.3, 0.4) is 0 Å². The van der Waals surface area contributed by atoms with Crippen LogP contribution in [0.1, 0.15) is 18.4 Å². The van der Waals surface area contributed by atoms with Gasteiger partial charge in [-0.25, -0.2) is 5.43 Å². The number of aliphatic carboxylic acids is 1. The van der Waals surface area contributed by atoms with E-state index in [1.54, 1.807) is 0 Å². The van der Waals surface area contributed by atoms with Crippen LogP contribution in [0.15, 0.2) is 30.3 Å². The summed E-state index contributed by atoms with van der Waals surface area (Å²) >= 11 is 0. The molecule has 0 radical (unpaired) electrons. The van der Waals surface area contributed by atoms with E-state index in [9.17, 15) is 9.59 Å². The van der Waals surface area contributed by atoms with Gasteiger partial charge in [-0.3, -0.25) is 14.6 Å². The molecule has 2 N–H and O–H groups in total. The van der Waals surface area contributed by atoms with Crippen molar-refractivity contribution in [3.8, 4) is 0 Å². The smallest absolute Gasteiger partial charge is 0.306 e. The molecule has 114 valence electrons. The van der Waals surface area contributed by atoms with E-state index in [-0.39, 0.29) is 12.3 Å². The van der Waals surface area contributed by atoms with Crippen LogP contribution in [0.4, 0.5) is 0 Å². The molecule has 0 aliphatic carbocycles. The maximum atomic E-state index is 12.0. The molecule has 6 nitrogen and oxygen atoms in total. The summed E-state index contributed by atoms with van der Waals surface area (Å²) in [6.07, 6.45) is 0.669. The Hall–Kier alpha value is -1.92. The van der Waals surface area contributed by atoms with Crippen molar-refractivity contribution in [1.82, 2.24) is 10.4 Å². The molecule has 1 aromatic rings. The van der Waals surface area contributed by atoms with Crippen LogP contribution in [0, 0.1) is 0 Å². The minimum absolute atomic E-state index is 0.291. The van der Waals surface area contributed by atoms with Crippen molar-refractivity contribution in [3.05, 3.63) is 35.9 Å². The molecule has 1 aliphatic heterocycles. The summed E-state index contributed by atoms with van der Waals surface area (Å²) in [5.74, 6) is -1.33. The van der Waals surface area contributed by atoms with Gasteiger partial charge in [0.05, 0.1) is 19.6 Å². The number of nitrogens with zero attached hydrogens (tertiary/aromatic N) is 1. The lowest BCUT2D eigenvalue weighted by molar-refractivity contribution is -0.163. The second kappa shape index (κ2) is 7.75. The Kier molecular flexibility index (Phi) is 5.71. The second-order valence-corrected chi connectivity index (χ2v) is 4.94. The number of hydrogen-bond acceptors (Lipinski definition) is 4. The third-order valence-electron chi connectivity index (χ3n) is 3.32. The predicted molar refractivity (Wildman–Crippen MR) is 76.5 cm³/mol. The number of hydrazine groups is 1. The molecule has 0 unspecified atom stereocenters. The van der Waals surface area contributed by atoms with Crippen LogP contribution >= 0.6 is 0 Å². The molecular weight excluding hydrogens is 272 g/mol. The first kappa shape index (κ1) is 15.5. The average molecular weight is 292 g/mol. The highest BCUT2D eigenvalue weighted by Crippen LogP contribution is 2.09. The van der Waals surface area contributed by atoms with E-state index >= 15 is 0 Å². The lowest BCUT2D eigenvalue weighted by Gasteiger charge is -2.32. The van der Waals surface area contributed by atoms with Crippen molar-refractivity contribution in [3.63, 3.8) is 0 Å². The maximum Gasteiger partial charge on any atom is 0.306 e. The number of nitrogens with one attached hydrogen (secondary N) is 1. The largest absolute Gasteiger partial charge is 0.481 e. The lowest BCUT2D eigenvalue weighted by atomic mass is 10.1. The van der Waals surface area contributed by atoms with E-state index in [0.717, 1.165) is 12.8 Å². The number of amides is 1. The van der Waals surface area contributed by atoms with Crippen molar-refractivity contribution < 1.29 is 19.4 Å². The molecule has 0 spiro atoms. The molecular formula is C15H20N2O4. The van der Waals surface area contributed by atoms with Gasteiger partial charge in [-0.2, -0.15) is 0 Å². The van der Waals surface area contributed by atoms with Gasteiger partial charge in [0.15, 0.2) is 0 Å². The highest BCUT2D eigenvalue weighted by molar-refractivity contribution is 5.85. The summed E-state index contributed by atoms with van der Waals surface area (Å²) in [7, 11) is 0. The lowest BCUT2D eigenvalue weighted by Crippen LogP contribution is -2.54. The zero-order valence-corrected chi connectivity index (χ0v) is 11.8. The molecule has 21 heavy (non-hydrogen) atoms. The molecule has 1 amide bonds. The van der Waals surface area contributed by atoms with Gasteiger partial charge in [0, 0.05) is 6.54 Å². The molecule has 1 aliphatic rings. The van der Waals surface area contributed by atoms with Crippen molar-refractivity contribution in [1.29, 1.82) is 0 Å². The average Bonchev–Trinajstić information content (AvgIpc) is 2.48. The molecule has 1 atom stereocenters. The van der Waals surface area contributed by atoms with Crippen molar-refractivity contribution in [2.24, 2.45) is 0 Å². The zero-order chi connectivity index (χ0) is 15.1. The van der Waals surface area contributed by atoms with E-state index in [1.807, 2.05) is 18.2 Å². The summed E-state index contributed by atoms with van der Waals surface area (Å²) in [5, 5.41) is 10.2. The molecule has 0 aromatic heterocycles. The summed E-state index contributed by atoms with van der Waals surface area (Å²) in [6.45, 7) is 1.47. The number of ether oxygens (including phenoxy) is 1. The van der Waals surface area contributed by atoms with E-state index < -0.39 is 12.1 Å². The Bertz CT molecular complexity index is 478. The van der Waals surface area contributed by atoms with Crippen LogP contribution in [0.5, 0.6) is 0 Å². The minimum Gasteiger partial charge on any atom is -0.481 e. The van der Waals surface area contributed by atoms with Gasteiger partial charge in [0.2, 0.25) is 0 Å². The standard InChI is InChI=1S/C15H20N2O4/c18-14(19)11-13-15(20)17(9-10-21-13)16-8-4-7-12-5-2-1-3-6-12/h1-3,5-6,13,16H,4,7-11H2,(H,18,19)/t13-/m1/s1. The van der Waals surface area contributed by atoms with E-state index in [2.05, 4.69) is 17.6 Å². The van der Waals surface area contributed by atoms with Crippen LogP contribution in [-0.4, -0.2) is 47.8 Å². The molecule has 1 fully saturated rings. The van der Waals surface area contributed by atoms with Crippen LogP contribution in [0.25, 0.3) is 0 Å². The quantitative estimate of drug-likeness (QED) is 0.728. The van der Waals surface area contributed by atoms with Gasteiger partial charge in [-0.15, -0.1) is 0 Å². The number of carbonyl (C=O) groups excluding carboxylic acids is 1. The fraction of sp³-hybridized carbons (Fsp3) is 0.467. The van der Waals surface area contributed by atoms with Crippen molar-refractivity contribution >= 4 is 11.9 Å². The molecule has 0 saturated carbocycles. The highest BCUT2D eigenvalue weighted by atomic mass is 16.5. The van der Waals surface area contributed by atoms with Gasteiger partial charge in [0.25, 0.3) is 5.91 Å². The first-order valence-corrected chi connectivity index (χ1v) is 7.09. The summed E-state index contributed by atoms with van der Waals surface area (Å²) in [6, 6.07) is 10.1. The topological polar surface area (TPSA) is 78.9 Å². The Morgan fingerprint density at radius 1 is 1.38 bits per heavy atom. The van der Waals surface area contributed by atoms with Crippen LogP contribution in [-0.2, 0) is 20.7 Å². The number of carbonyl (C=O) groups is 2. The maximum absolute atomic E-state index is 12.0. The summed E-state index contributed by atoms with van der Waals surface area (Å²) in [5.41, 5.74) is 4.32. The van der Waals surface area contributed by atoms with Crippen molar-refractivity contribution in [2.45, 2.75) is 25.4 Å². The zero-order valence-electron chi connectivity index (χ0n) is 11.8. The van der Waals surface area contributed by atoms with Crippen molar-refractivity contribution in [2.75, 3.05) is 19.7 Å². The van der Waals surface area contributed by atoms with E-state index in [1.165, 1.54) is 10.6 Å². The normalized spacial score (nSPS) is 18.8. The Labute approximate surface area is 123 Å². The predicted octanol–water partition coefficient (Wildman–Crippen LogP) is 0.826. The molecule has 1 saturated heterocycles. The number of benzene rings is 1. The third-order valence-corrected chi connectivity index (χ3v) is 3.32. The number of rotatable bonds is 7. The van der Waals surface area contributed by atoms with Crippen LogP contribution in [0.2, 0.25) is 0 Å². The molecule has 6 heteroatoms. The van der Waals surface area contributed by atoms with E-state index in [4.69, 9.17) is 9.84 Å².